The maximum atomic E-state index is 12.9. The third kappa shape index (κ3) is 17.4. The zero-order chi connectivity index (χ0) is 31.1. The van der Waals surface area contributed by atoms with E-state index in [9.17, 15) is 25.0 Å². The van der Waals surface area contributed by atoms with Gasteiger partial charge < -0.3 is 43.8 Å². The van der Waals surface area contributed by atoms with Crippen LogP contribution in [0.2, 0.25) is 0 Å². The number of aliphatic hydroxyl groups is 4. The molecular weight excluding hydrogens is 561 g/mol. The third-order valence-electron chi connectivity index (χ3n) is 7.89. The number of unbranched alkanes of at least 4 members (excludes halogenated alkanes) is 12. The van der Waals surface area contributed by atoms with E-state index >= 15 is 0 Å². The van der Waals surface area contributed by atoms with Crippen molar-refractivity contribution in [3.05, 3.63) is 0 Å². The highest BCUT2D eigenvalue weighted by Crippen LogP contribution is 2.48. The van der Waals surface area contributed by atoms with Crippen molar-refractivity contribution in [2.75, 3.05) is 52.2 Å². The van der Waals surface area contributed by atoms with Gasteiger partial charge in [-0.05, 0) is 59.2 Å². The predicted octanol–water partition coefficient (Wildman–Crippen LogP) is 5.24. The minimum Gasteiger partial charge on any atom is -0.394 e. The van der Waals surface area contributed by atoms with E-state index in [-0.39, 0.29) is 0 Å². The zero-order valence-corrected chi connectivity index (χ0v) is 27.8. The summed E-state index contributed by atoms with van der Waals surface area (Å²) < 4.78 is 34.8. The second-order valence-electron chi connectivity index (χ2n) is 11.5. The van der Waals surface area contributed by atoms with Crippen LogP contribution in [0, 0.1) is 0 Å². The molecule has 0 aliphatic carbocycles. The fourth-order valence-electron chi connectivity index (χ4n) is 5.40. The molecule has 0 saturated carbocycles. The van der Waals surface area contributed by atoms with Crippen LogP contribution in [0.1, 0.15) is 117 Å². The molecule has 252 valence electrons. The lowest BCUT2D eigenvalue weighted by Gasteiger charge is -2.39. The van der Waals surface area contributed by atoms with Crippen LogP contribution in [-0.2, 0) is 23.1 Å². The maximum Gasteiger partial charge on any atom is 0.330 e. The van der Waals surface area contributed by atoms with Crippen molar-refractivity contribution in [2.45, 2.75) is 148 Å². The largest absolute Gasteiger partial charge is 0.394 e. The van der Waals surface area contributed by atoms with Crippen LogP contribution in [0.15, 0.2) is 0 Å². The quantitative estimate of drug-likeness (QED) is 0.0674. The SMILES string of the molecule is CCCCCCCCCCCCCCN(CCCCO[C@@H]1O[C@H](CO)[C@@H](O)[C@H](O)[C@H]1O)CCCP(=O)(OCC)OCC. The number of nitrogens with zero attached hydrogens (tertiary/aromatic N) is 1. The van der Waals surface area contributed by atoms with Gasteiger partial charge in [0.25, 0.3) is 0 Å². The maximum absolute atomic E-state index is 12.9. The summed E-state index contributed by atoms with van der Waals surface area (Å²) in [5, 5.41) is 39.4. The van der Waals surface area contributed by atoms with E-state index in [4.69, 9.17) is 18.5 Å². The molecule has 1 heterocycles. The molecule has 1 aliphatic heterocycles. The van der Waals surface area contributed by atoms with E-state index in [1.165, 1.54) is 70.6 Å². The number of rotatable bonds is 28. The molecule has 0 unspecified atom stereocenters. The molecule has 1 rings (SSSR count). The Bertz CT molecular complexity index is 662. The Morgan fingerprint density at radius 2 is 1.17 bits per heavy atom. The molecule has 0 aromatic rings. The van der Waals surface area contributed by atoms with Gasteiger partial charge in [-0.3, -0.25) is 4.57 Å². The van der Waals surface area contributed by atoms with Gasteiger partial charge in [0.05, 0.1) is 26.0 Å². The van der Waals surface area contributed by atoms with Gasteiger partial charge in [-0.1, -0.05) is 77.6 Å². The van der Waals surface area contributed by atoms with Crippen LogP contribution in [0.5, 0.6) is 0 Å². The number of hydrogen-bond donors (Lipinski definition) is 4. The van der Waals surface area contributed by atoms with Gasteiger partial charge in [0.15, 0.2) is 6.29 Å². The molecule has 1 saturated heterocycles. The molecule has 0 aromatic carbocycles. The Kier molecular flexibility index (Phi) is 23.8. The number of hydrogen-bond acceptors (Lipinski definition) is 10. The predicted molar refractivity (Wildman–Crippen MR) is 167 cm³/mol. The van der Waals surface area contributed by atoms with Crippen LogP contribution in [0.3, 0.4) is 0 Å². The fourth-order valence-corrected chi connectivity index (χ4v) is 7.05. The Balaban J connectivity index is 2.38. The molecule has 4 N–H and O–H groups in total. The van der Waals surface area contributed by atoms with Gasteiger partial charge in [-0.15, -0.1) is 0 Å². The summed E-state index contributed by atoms with van der Waals surface area (Å²) in [5.41, 5.74) is 0. The lowest BCUT2D eigenvalue weighted by Crippen LogP contribution is -2.59. The Hall–Kier alpha value is -0.130. The van der Waals surface area contributed by atoms with E-state index in [1.807, 2.05) is 13.8 Å². The standard InChI is InChI=1S/C31H64NO9P/c1-4-7-8-9-10-11-12-13-14-15-16-17-21-32(23-20-25-42(37,39-5-2)40-6-3)22-18-19-24-38-31-30(36)29(35)28(34)27(26-33)41-31/h27-31,33-36H,4-26H2,1-3H3/t27-,28-,29+,30-,31-/m1/s1. The molecule has 1 fully saturated rings. The topological polar surface area (TPSA) is 138 Å². The molecule has 0 bridgehead atoms. The van der Waals surface area contributed by atoms with Crippen LogP contribution < -0.4 is 0 Å². The molecule has 11 heteroatoms. The van der Waals surface area contributed by atoms with Crippen LogP contribution in [-0.4, -0.2) is 108 Å². The van der Waals surface area contributed by atoms with Crippen molar-refractivity contribution in [1.29, 1.82) is 0 Å². The van der Waals surface area contributed by atoms with E-state index in [2.05, 4.69) is 11.8 Å². The first-order chi connectivity index (χ1) is 20.3. The molecule has 0 aromatic heterocycles. The summed E-state index contributed by atoms with van der Waals surface area (Å²) in [5.74, 6) is 0. The van der Waals surface area contributed by atoms with Crippen molar-refractivity contribution in [1.82, 2.24) is 4.90 Å². The smallest absolute Gasteiger partial charge is 0.330 e. The summed E-state index contributed by atoms with van der Waals surface area (Å²) in [6, 6.07) is 0. The summed E-state index contributed by atoms with van der Waals surface area (Å²) in [6.07, 6.45) is 12.2. The summed E-state index contributed by atoms with van der Waals surface area (Å²) >= 11 is 0. The summed E-state index contributed by atoms with van der Waals surface area (Å²) in [6.45, 7) is 9.17. The lowest BCUT2D eigenvalue weighted by molar-refractivity contribution is -0.301. The van der Waals surface area contributed by atoms with Crippen LogP contribution in [0.4, 0.5) is 0 Å². The molecule has 1 aliphatic rings. The molecule has 5 atom stereocenters. The van der Waals surface area contributed by atoms with Gasteiger partial charge in [-0.25, -0.2) is 0 Å². The second kappa shape index (κ2) is 25.1. The van der Waals surface area contributed by atoms with E-state index in [0.29, 0.717) is 26.0 Å². The summed E-state index contributed by atoms with van der Waals surface area (Å²) in [7, 11) is -3.05. The van der Waals surface area contributed by atoms with Gasteiger partial charge >= 0.3 is 7.60 Å². The highest BCUT2D eigenvalue weighted by atomic mass is 31.2. The average molecular weight is 626 g/mol. The van der Waals surface area contributed by atoms with Gasteiger partial charge in [0, 0.05) is 6.61 Å². The van der Waals surface area contributed by atoms with Gasteiger partial charge in [-0.2, -0.15) is 0 Å². The molecule has 0 spiro atoms. The van der Waals surface area contributed by atoms with E-state index in [0.717, 1.165) is 45.3 Å². The molecule has 0 amide bonds. The Morgan fingerprint density at radius 3 is 1.69 bits per heavy atom. The van der Waals surface area contributed by atoms with Crippen molar-refractivity contribution in [2.24, 2.45) is 0 Å². The fraction of sp³-hybridized carbons (Fsp3) is 1.00. The van der Waals surface area contributed by atoms with Crippen molar-refractivity contribution >= 4 is 7.60 Å². The second-order valence-corrected chi connectivity index (χ2v) is 13.7. The monoisotopic (exact) mass is 625 g/mol. The van der Waals surface area contributed by atoms with Crippen molar-refractivity contribution in [3.8, 4) is 0 Å². The lowest BCUT2D eigenvalue weighted by atomic mass is 9.99. The van der Waals surface area contributed by atoms with Crippen LogP contribution in [0.25, 0.3) is 0 Å². The third-order valence-corrected chi connectivity index (χ3v) is 10.1. The van der Waals surface area contributed by atoms with E-state index < -0.39 is 44.9 Å². The van der Waals surface area contributed by atoms with Crippen molar-refractivity contribution in [3.63, 3.8) is 0 Å². The van der Waals surface area contributed by atoms with E-state index in [1.54, 1.807) is 0 Å². The Morgan fingerprint density at radius 1 is 0.667 bits per heavy atom. The normalized spacial score (nSPS) is 23.2. The molecule has 42 heavy (non-hydrogen) atoms. The first-order valence-electron chi connectivity index (χ1n) is 16.8. The minimum atomic E-state index is -3.05. The highest BCUT2D eigenvalue weighted by Gasteiger charge is 2.43. The Labute approximate surface area is 256 Å². The molecular formula is C31H64NO9P. The first-order valence-corrected chi connectivity index (χ1v) is 18.6. The molecule has 0 radical (unpaired) electrons. The molecule has 10 nitrogen and oxygen atoms in total. The number of aliphatic hydroxyl groups excluding tert-OH is 4. The van der Waals surface area contributed by atoms with Crippen molar-refractivity contribution < 1.29 is 43.5 Å². The first kappa shape index (κ1) is 39.9. The van der Waals surface area contributed by atoms with Crippen LogP contribution >= 0.6 is 7.60 Å². The van der Waals surface area contributed by atoms with Gasteiger partial charge in [0.1, 0.15) is 24.4 Å². The number of ether oxygens (including phenoxy) is 2. The average Bonchev–Trinajstić information content (AvgIpc) is 2.97. The zero-order valence-electron chi connectivity index (χ0n) is 26.9. The minimum absolute atomic E-state index is 0.318. The summed E-state index contributed by atoms with van der Waals surface area (Å²) in [4.78, 5) is 2.41. The van der Waals surface area contributed by atoms with Gasteiger partial charge in [0.2, 0.25) is 0 Å². The highest BCUT2D eigenvalue weighted by molar-refractivity contribution is 7.53.